The molecule has 0 fully saturated rings. The summed E-state index contributed by atoms with van der Waals surface area (Å²) in [6, 6.07) is 19.3. The van der Waals surface area contributed by atoms with Gasteiger partial charge in [0.15, 0.2) is 0 Å². The van der Waals surface area contributed by atoms with Gasteiger partial charge in [-0.25, -0.2) is 18.2 Å². The van der Waals surface area contributed by atoms with E-state index in [2.05, 4.69) is 33.4 Å². The van der Waals surface area contributed by atoms with Crippen LogP contribution in [-0.4, -0.2) is 36.5 Å². The average molecular weight is 592 g/mol. The summed E-state index contributed by atoms with van der Waals surface area (Å²) in [6.45, 7) is 1.89. The molecule has 0 aliphatic rings. The highest BCUT2D eigenvalue weighted by atomic mass is 79.9. The van der Waals surface area contributed by atoms with Crippen molar-refractivity contribution < 1.29 is 23.1 Å². The zero-order valence-electron chi connectivity index (χ0n) is 19.6. The quantitative estimate of drug-likeness (QED) is 0.207. The highest BCUT2D eigenvalue weighted by Gasteiger charge is 2.33. The fraction of sp³-hybridized carbons (Fsp3) is 0.231. The van der Waals surface area contributed by atoms with Gasteiger partial charge in [0, 0.05) is 9.37 Å². The van der Waals surface area contributed by atoms with E-state index in [-0.39, 0.29) is 17.7 Å². The molecule has 3 aromatic rings. The number of hydrogen-bond donors (Lipinski definition) is 3. The van der Waals surface area contributed by atoms with Crippen LogP contribution in [0.25, 0.3) is 11.1 Å². The second-order valence-corrected chi connectivity index (χ2v) is 11.2. The number of carbonyl (C=O) groups is 2. The Morgan fingerprint density at radius 1 is 1.00 bits per heavy atom. The van der Waals surface area contributed by atoms with Crippen molar-refractivity contribution in [2.75, 3.05) is 0 Å². The molecule has 3 aromatic carbocycles. The molecule has 1 amide bonds. The van der Waals surface area contributed by atoms with Crippen LogP contribution >= 0.6 is 28.6 Å². The fourth-order valence-corrected chi connectivity index (χ4v) is 5.20. The molecule has 0 bridgehead atoms. The Bertz CT molecular complexity index is 1310. The fourth-order valence-electron chi connectivity index (χ4n) is 3.61. The van der Waals surface area contributed by atoms with Crippen LogP contribution in [0.4, 0.5) is 0 Å². The molecule has 36 heavy (non-hydrogen) atoms. The number of thiol groups is 1. The van der Waals surface area contributed by atoms with Gasteiger partial charge in [0.05, 0.1) is 11.3 Å². The number of unbranched alkanes of at least 4 members (excludes halogenated alkanes) is 1. The summed E-state index contributed by atoms with van der Waals surface area (Å²) < 4.78 is 27.4. The maximum atomic E-state index is 13.2. The molecule has 7 nitrogen and oxygen atoms in total. The second kappa shape index (κ2) is 12.5. The highest BCUT2D eigenvalue weighted by Crippen LogP contribution is 2.24. The monoisotopic (exact) mass is 590 g/mol. The zero-order valence-corrected chi connectivity index (χ0v) is 22.9. The summed E-state index contributed by atoms with van der Waals surface area (Å²) in [5.74, 6) is -1.97. The van der Waals surface area contributed by atoms with E-state index in [4.69, 9.17) is 0 Å². The molecular formula is C26H27BrN2O5S2. The molecule has 10 heteroatoms. The third-order valence-corrected chi connectivity index (χ3v) is 7.89. The maximum Gasteiger partial charge on any atom is 0.328 e. The first kappa shape index (κ1) is 27.9. The molecule has 1 atom stereocenters. The Morgan fingerprint density at radius 2 is 1.58 bits per heavy atom. The van der Waals surface area contributed by atoms with E-state index in [1.54, 1.807) is 36.4 Å². The van der Waals surface area contributed by atoms with Gasteiger partial charge in [0.2, 0.25) is 5.91 Å². The molecule has 0 aliphatic carbocycles. The lowest BCUT2D eigenvalue weighted by Gasteiger charge is -2.29. The summed E-state index contributed by atoms with van der Waals surface area (Å²) in [6.07, 6.45) is 1.09. The smallest absolute Gasteiger partial charge is 0.328 e. The van der Waals surface area contributed by atoms with Crippen LogP contribution in [0, 0.1) is 0 Å². The summed E-state index contributed by atoms with van der Waals surface area (Å²) in [5, 5.41) is 10.6. The first-order valence-electron chi connectivity index (χ1n) is 11.3. The zero-order chi connectivity index (χ0) is 26.3. The number of nitrogens with zero attached hydrogens (tertiary/aromatic N) is 1. The van der Waals surface area contributed by atoms with Gasteiger partial charge in [-0.15, -0.1) is 17.5 Å². The normalized spacial score (nSPS) is 12.2. The number of carbonyl (C=O) groups excluding carboxylic acids is 1. The molecule has 190 valence electrons. The minimum absolute atomic E-state index is 0.0876. The van der Waals surface area contributed by atoms with Crippen LogP contribution < -0.4 is 4.83 Å². The van der Waals surface area contributed by atoms with Gasteiger partial charge in [-0.3, -0.25) is 4.79 Å². The van der Waals surface area contributed by atoms with Crippen LogP contribution in [-0.2, 0) is 26.0 Å². The Balaban J connectivity index is 1.90. The van der Waals surface area contributed by atoms with Crippen molar-refractivity contribution in [3.05, 3.63) is 82.8 Å². The number of aliphatic carboxylic acids is 1. The molecule has 0 aromatic heterocycles. The molecular weight excluding hydrogens is 564 g/mol. The van der Waals surface area contributed by atoms with E-state index in [0.717, 1.165) is 20.6 Å². The molecule has 3 rings (SSSR count). The lowest BCUT2D eigenvalue weighted by Crippen LogP contribution is -2.55. The van der Waals surface area contributed by atoms with E-state index in [0.29, 0.717) is 23.3 Å². The molecule has 2 N–H and O–H groups in total. The largest absolute Gasteiger partial charge is 0.480 e. The molecule has 1 unspecified atom stereocenters. The number of carboxylic acid groups (broad SMARTS) is 1. The van der Waals surface area contributed by atoms with Crippen LogP contribution in [0.1, 0.15) is 31.7 Å². The van der Waals surface area contributed by atoms with Crippen LogP contribution in [0.2, 0.25) is 0 Å². The van der Waals surface area contributed by atoms with Crippen molar-refractivity contribution in [3.63, 3.8) is 0 Å². The third kappa shape index (κ3) is 7.19. The van der Waals surface area contributed by atoms with Crippen molar-refractivity contribution in [2.24, 2.45) is 0 Å². The van der Waals surface area contributed by atoms with E-state index in [1.807, 2.05) is 31.2 Å². The lowest BCUT2D eigenvalue weighted by atomic mass is 10.1. The molecule has 0 aliphatic heterocycles. The number of nitrogens with one attached hydrogen (secondary N) is 1. The Kier molecular flexibility index (Phi) is 9.72. The average Bonchev–Trinajstić information content (AvgIpc) is 2.85. The predicted octanol–water partition coefficient (Wildman–Crippen LogP) is 5.31. The number of halogens is 1. The van der Waals surface area contributed by atoms with E-state index < -0.39 is 27.9 Å². The van der Waals surface area contributed by atoms with E-state index >= 15 is 0 Å². The summed E-state index contributed by atoms with van der Waals surface area (Å²) in [7, 11) is -4.25. The van der Waals surface area contributed by atoms with Crippen molar-refractivity contribution in [1.29, 1.82) is 0 Å². The molecule has 0 radical (unpaired) electrons. The van der Waals surface area contributed by atoms with Crippen LogP contribution in [0.3, 0.4) is 0 Å². The molecule has 0 heterocycles. The van der Waals surface area contributed by atoms with E-state index in [9.17, 15) is 23.1 Å². The van der Waals surface area contributed by atoms with Gasteiger partial charge in [0.1, 0.15) is 6.04 Å². The van der Waals surface area contributed by atoms with Crippen LogP contribution in [0.5, 0.6) is 0 Å². The Morgan fingerprint density at radius 3 is 2.14 bits per heavy atom. The van der Waals surface area contributed by atoms with Gasteiger partial charge in [-0.05, 0) is 53.4 Å². The number of hydrogen-bond acceptors (Lipinski definition) is 5. The SMILES string of the molecule is CCCCC(C(=O)O)N(NS(=O)(=O)c1ccc(-c2ccc(Br)cc2)cc1)C(=O)Cc1ccccc1S. The Hall–Kier alpha value is -2.66. The molecule has 0 saturated heterocycles. The predicted molar refractivity (Wildman–Crippen MR) is 145 cm³/mol. The number of carboxylic acids is 1. The minimum Gasteiger partial charge on any atom is -0.480 e. The second-order valence-electron chi connectivity index (χ2n) is 8.19. The number of hydrazine groups is 1. The Labute approximate surface area is 225 Å². The minimum atomic E-state index is -4.25. The highest BCUT2D eigenvalue weighted by molar-refractivity contribution is 9.10. The van der Waals surface area contributed by atoms with Crippen molar-refractivity contribution in [1.82, 2.24) is 9.84 Å². The maximum absolute atomic E-state index is 13.2. The van der Waals surface area contributed by atoms with Gasteiger partial charge in [-0.1, -0.05) is 78.2 Å². The standard InChI is InChI=1S/C26H27BrN2O5S2/c1-2-3-7-23(26(31)32)29(25(30)17-20-6-4-5-8-24(20)35)28-36(33,34)22-15-11-19(12-16-22)18-9-13-21(27)14-10-18/h4-6,8-16,23,28,35H,2-3,7,17H2,1H3,(H,31,32). The lowest BCUT2D eigenvalue weighted by molar-refractivity contribution is -0.151. The number of amides is 1. The van der Waals surface area contributed by atoms with Crippen molar-refractivity contribution >= 4 is 50.5 Å². The van der Waals surface area contributed by atoms with Gasteiger partial charge < -0.3 is 5.11 Å². The third-order valence-electron chi connectivity index (χ3n) is 5.59. The first-order valence-corrected chi connectivity index (χ1v) is 14.0. The van der Waals surface area contributed by atoms with Gasteiger partial charge in [0.25, 0.3) is 10.0 Å². The number of sulfonamides is 1. The summed E-state index contributed by atoms with van der Waals surface area (Å²) in [4.78, 5) is 28.0. The first-order chi connectivity index (χ1) is 17.1. The molecule has 0 spiro atoms. The topological polar surface area (TPSA) is 104 Å². The van der Waals surface area contributed by atoms with Gasteiger partial charge in [-0.2, -0.15) is 0 Å². The van der Waals surface area contributed by atoms with Crippen LogP contribution in [0.15, 0.2) is 87.1 Å². The van der Waals surface area contributed by atoms with Gasteiger partial charge >= 0.3 is 5.97 Å². The van der Waals surface area contributed by atoms with Crippen molar-refractivity contribution in [2.45, 2.75) is 48.4 Å². The summed E-state index contributed by atoms with van der Waals surface area (Å²) in [5.41, 5.74) is 2.28. The number of rotatable bonds is 11. The number of benzene rings is 3. The molecule has 0 saturated carbocycles. The van der Waals surface area contributed by atoms with E-state index in [1.165, 1.54) is 12.1 Å². The summed E-state index contributed by atoms with van der Waals surface area (Å²) >= 11 is 7.74. The van der Waals surface area contributed by atoms with Crippen molar-refractivity contribution in [3.8, 4) is 11.1 Å².